The van der Waals surface area contributed by atoms with Gasteiger partial charge >= 0.3 is 0 Å². The molecule has 4 nitrogen and oxygen atoms in total. The summed E-state index contributed by atoms with van der Waals surface area (Å²) in [5.41, 5.74) is 6.24. The van der Waals surface area contributed by atoms with Crippen LogP contribution >= 0.6 is 0 Å². The summed E-state index contributed by atoms with van der Waals surface area (Å²) in [5.74, 6) is -0.375. The van der Waals surface area contributed by atoms with E-state index >= 15 is 0 Å². The molecule has 0 saturated heterocycles. The summed E-state index contributed by atoms with van der Waals surface area (Å²) in [7, 11) is -3.62. The summed E-state index contributed by atoms with van der Waals surface area (Å²) in [5, 5.41) is 0. The number of sulfonamides is 1. The van der Waals surface area contributed by atoms with Crippen LogP contribution in [0, 0.1) is 25.6 Å². The quantitative estimate of drug-likeness (QED) is 0.850. The molecule has 3 N–H and O–H groups in total. The molecular formula is C12H19FN2O2S. The van der Waals surface area contributed by atoms with E-state index in [-0.39, 0.29) is 17.4 Å². The molecule has 1 aromatic carbocycles. The Bertz CT molecular complexity index is 506. The van der Waals surface area contributed by atoms with Crippen LogP contribution in [0.3, 0.4) is 0 Å². The van der Waals surface area contributed by atoms with E-state index in [1.807, 2.05) is 6.92 Å². The Morgan fingerprint density at radius 1 is 1.33 bits per heavy atom. The molecule has 0 heterocycles. The smallest absolute Gasteiger partial charge is 0.241 e. The standard InChI is InChI=1S/C12H19FN2O2S/c1-8(6-14)7-15-18(16,17)12-9(2)4-11(13)5-10(12)3/h4-5,8,15H,6-7,14H2,1-3H3. The summed E-state index contributed by atoms with van der Waals surface area (Å²) < 4.78 is 39.9. The van der Waals surface area contributed by atoms with Gasteiger partial charge in [-0.15, -0.1) is 0 Å². The summed E-state index contributed by atoms with van der Waals surface area (Å²) >= 11 is 0. The van der Waals surface area contributed by atoms with E-state index in [4.69, 9.17) is 5.73 Å². The van der Waals surface area contributed by atoms with Crippen molar-refractivity contribution in [1.29, 1.82) is 0 Å². The molecule has 0 aliphatic rings. The van der Waals surface area contributed by atoms with Crippen LogP contribution in [-0.2, 0) is 10.0 Å². The Hall–Kier alpha value is -0.980. The van der Waals surface area contributed by atoms with Gasteiger partial charge in [0.2, 0.25) is 10.0 Å². The minimum atomic E-state index is -3.62. The van der Waals surface area contributed by atoms with Gasteiger partial charge in [0.1, 0.15) is 5.82 Å². The molecular weight excluding hydrogens is 255 g/mol. The van der Waals surface area contributed by atoms with Gasteiger partial charge in [-0.05, 0) is 49.6 Å². The molecule has 102 valence electrons. The van der Waals surface area contributed by atoms with Gasteiger partial charge in [-0.3, -0.25) is 0 Å². The molecule has 6 heteroatoms. The van der Waals surface area contributed by atoms with Crippen LogP contribution in [0.4, 0.5) is 4.39 Å². The number of benzene rings is 1. The second kappa shape index (κ2) is 5.77. The summed E-state index contributed by atoms with van der Waals surface area (Å²) in [6, 6.07) is 2.43. The van der Waals surface area contributed by atoms with Gasteiger partial charge in [0.05, 0.1) is 4.90 Å². The van der Waals surface area contributed by atoms with Crippen molar-refractivity contribution in [3.63, 3.8) is 0 Å². The van der Waals surface area contributed by atoms with E-state index in [2.05, 4.69) is 4.72 Å². The number of hydrogen-bond donors (Lipinski definition) is 2. The average Bonchev–Trinajstić information content (AvgIpc) is 2.24. The second-order valence-electron chi connectivity index (χ2n) is 4.56. The monoisotopic (exact) mass is 274 g/mol. The van der Waals surface area contributed by atoms with E-state index in [0.29, 0.717) is 17.7 Å². The molecule has 1 rings (SSSR count). The Morgan fingerprint density at radius 3 is 2.28 bits per heavy atom. The van der Waals surface area contributed by atoms with Gasteiger partial charge < -0.3 is 5.73 Å². The van der Waals surface area contributed by atoms with Crippen LogP contribution in [0.25, 0.3) is 0 Å². The third kappa shape index (κ3) is 3.51. The SMILES string of the molecule is Cc1cc(F)cc(C)c1S(=O)(=O)NCC(C)CN. The first-order valence-corrected chi connectivity index (χ1v) is 7.22. The third-order valence-electron chi connectivity index (χ3n) is 2.72. The number of nitrogens with two attached hydrogens (primary N) is 1. The van der Waals surface area contributed by atoms with Crippen molar-refractivity contribution >= 4 is 10.0 Å². The maximum absolute atomic E-state index is 13.1. The number of nitrogens with one attached hydrogen (secondary N) is 1. The van der Waals surface area contributed by atoms with Crippen molar-refractivity contribution in [3.8, 4) is 0 Å². The van der Waals surface area contributed by atoms with E-state index in [0.717, 1.165) is 0 Å². The van der Waals surface area contributed by atoms with Crippen LogP contribution in [0.1, 0.15) is 18.1 Å². The van der Waals surface area contributed by atoms with E-state index in [1.165, 1.54) is 12.1 Å². The zero-order chi connectivity index (χ0) is 13.9. The Morgan fingerprint density at radius 2 is 1.83 bits per heavy atom. The average molecular weight is 274 g/mol. The predicted molar refractivity (Wildman–Crippen MR) is 69.3 cm³/mol. The fraction of sp³-hybridized carbons (Fsp3) is 0.500. The summed E-state index contributed by atoms with van der Waals surface area (Å²) in [6.45, 7) is 5.69. The highest BCUT2D eigenvalue weighted by Crippen LogP contribution is 2.21. The fourth-order valence-corrected chi connectivity index (χ4v) is 3.34. The van der Waals surface area contributed by atoms with Crippen molar-refractivity contribution in [3.05, 3.63) is 29.1 Å². The maximum Gasteiger partial charge on any atom is 0.241 e. The Labute approximate surface area is 107 Å². The molecule has 0 amide bonds. The van der Waals surface area contributed by atoms with Crippen LogP contribution in [-0.4, -0.2) is 21.5 Å². The first kappa shape index (κ1) is 15.1. The number of rotatable bonds is 5. The summed E-state index contributed by atoms with van der Waals surface area (Å²) in [4.78, 5) is 0.146. The van der Waals surface area contributed by atoms with Gasteiger partial charge in [-0.1, -0.05) is 6.92 Å². The minimum Gasteiger partial charge on any atom is -0.330 e. The lowest BCUT2D eigenvalue weighted by atomic mass is 10.1. The Balaban J connectivity index is 3.06. The molecule has 1 unspecified atom stereocenters. The lowest BCUT2D eigenvalue weighted by Gasteiger charge is -2.14. The molecule has 0 aliphatic carbocycles. The third-order valence-corrected chi connectivity index (χ3v) is 4.45. The minimum absolute atomic E-state index is 0.0563. The van der Waals surface area contributed by atoms with E-state index in [9.17, 15) is 12.8 Å². The molecule has 0 bridgehead atoms. The van der Waals surface area contributed by atoms with Crippen molar-refractivity contribution in [2.45, 2.75) is 25.7 Å². The zero-order valence-corrected chi connectivity index (χ0v) is 11.6. The molecule has 18 heavy (non-hydrogen) atoms. The van der Waals surface area contributed by atoms with Gasteiger partial charge in [-0.25, -0.2) is 17.5 Å². The highest BCUT2D eigenvalue weighted by atomic mass is 32.2. The lowest BCUT2D eigenvalue weighted by molar-refractivity contribution is 0.543. The van der Waals surface area contributed by atoms with Gasteiger partial charge in [-0.2, -0.15) is 0 Å². The van der Waals surface area contributed by atoms with Gasteiger partial charge in [0.25, 0.3) is 0 Å². The summed E-state index contributed by atoms with van der Waals surface area (Å²) in [6.07, 6.45) is 0. The molecule has 0 aromatic heterocycles. The molecule has 0 saturated carbocycles. The maximum atomic E-state index is 13.1. The largest absolute Gasteiger partial charge is 0.330 e. The molecule has 1 aromatic rings. The van der Waals surface area contributed by atoms with Crippen molar-refractivity contribution in [2.24, 2.45) is 11.7 Å². The highest BCUT2D eigenvalue weighted by Gasteiger charge is 2.20. The van der Waals surface area contributed by atoms with Crippen molar-refractivity contribution in [2.75, 3.05) is 13.1 Å². The molecule has 0 fully saturated rings. The normalized spacial score (nSPS) is 13.6. The number of aryl methyl sites for hydroxylation is 2. The first-order chi connectivity index (χ1) is 8.27. The van der Waals surface area contributed by atoms with Crippen molar-refractivity contribution < 1.29 is 12.8 Å². The van der Waals surface area contributed by atoms with Crippen LogP contribution < -0.4 is 10.5 Å². The Kier molecular flexibility index (Phi) is 4.84. The zero-order valence-electron chi connectivity index (χ0n) is 10.8. The second-order valence-corrected chi connectivity index (χ2v) is 6.27. The van der Waals surface area contributed by atoms with E-state index < -0.39 is 15.8 Å². The highest BCUT2D eigenvalue weighted by molar-refractivity contribution is 7.89. The van der Waals surface area contributed by atoms with Crippen LogP contribution in [0.5, 0.6) is 0 Å². The van der Waals surface area contributed by atoms with Crippen molar-refractivity contribution in [1.82, 2.24) is 4.72 Å². The fourth-order valence-electron chi connectivity index (χ4n) is 1.73. The number of hydrogen-bond acceptors (Lipinski definition) is 3. The molecule has 0 radical (unpaired) electrons. The van der Waals surface area contributed by atoms with Gasteiger partial charge in [0, 0.05) is 6.54 Å². The number of halogens is 1. The molecule has 1 atom stereocenters. The van der Waals surface area contributed by atoms with E-state index in [1.54, 1.807) is 13.8 Å². The van der Waals surface area contributed by atoms with Crippen LogP contribution in [0.15, 0.2) is 17.0 Å². The molecule has 0 spiro atoms. The van der Waals surface area contributed by atoms with Gasteiger partial charge in [0.15, 0.2) is 0 Å². The van der Waals surface area contributed by atoms with Crippen LogP contribution in [0.2, 0.25) is 0 Å². The predicted octanol–water partition coefficient (Wildman–Crippen LogP) is 1.32. The molecule has 0 aliphatic heterocycles. The topological polar surface area (TPSA) is 72.2 Å². The first-order valence-electron chi connectivity index (χ1n) is 5.74. The lowest BCUT2D eigenvalue weighted by Crippen LogP contribution is -2.32.